The lowest BCUT2D eigenvalue weighted by atomic mass is 9.94. The number of carbonyl (C=O) groups is 2. The molecular formula is C12H15N3O4S. The molecule has 0 bridgehead atoms. The van der Waals surface area contributed by atoms with Gasteiger partial charge in [0.2, 0.25) is 0 Å². The normalized spacial score (nSPS) is 13.9. The van der Waals surface area contributed by atoms with E-state index in [-0.39, 0.29) is 17.7 Å². The fraction of sp³-hybridized carbons (Fsp3) is 0.500. The Labute approximate surface area is 119 Å². The van der Waals surface area contributed by atoms with E-state index in [1.165, 1.54) is 36.4 Å². The Balaban J connectivity index is 2.15. The van der Waals surface area contributed by atoms with Crippen molar-refractivity contribution in [3.63, 3.8) is 0 Å². The first kappa shape index (κ1) is 14.6. The quantitative estimate of drug-likeness (QED) is 0.769. The number of amides is 1. The van der Waals surface area contributed by atoms with Gasteiger partial charge in [-0.2, -0.15) is 0 Å². The molecule has 1 aromatic rings. The van der Waals surface area contributed by atoms with E-state index in [0.717, 1.165) is 5.75 Å². The highest BCUT2D eigenvalue weighted by Gasteiger charge is 2.28. The molecule has 2 heterocycles. The Morgan fingerprint density at radius 2 is 2.25 bits per heavy atom. The van der Waals surface area contributed by atoms with Crippen molar-refractivity contribution in [3.8, 4) is 0 Å². The molecule has 0 aromatic carbocycles. The van der Waals surface area contributed by atoms with Crippen LogP contribution in [0.5, 0.6) is 0 Å². The number of hydrogen-bond acceptors (Lipinski definition) is 5. The zero-order valence-electron chi connectivity index (χ0n) is 11.2. The van der Waals surface area contributed by atoms with Crippen LogP contribution in [0, 0.1) is 5.41 Å². The monoisotopic (exact) mass is 297 g/mol. The van der Waals surface area contributed by atoms with E-state index in [4.69, 9.17) is 5.11 Å². The molecule has 0 saturated carbocycles. The summed E-state index contributed by atoms with van der Waals surface area (Å²) in [5.41, 5.74) is -1.53. The van der Waals surface area contributed by atoms with Gasteiger partial charge in [-0.25, -0.2) is 4.98 Å². The first-order valence-corrected chi connectivity index (χ1v) is 7.06. The summed E-state index contributed by atoms with van der Waals surface area (Å²) in [6.07, 6.45) is 1.25. The number of hydrogen-bond donors (Lipinski definition) is 2. The molecule has 1 aliphatic heterocycles. The van der Waals surface area contributed by atoms with Gasteiger partial charge in [0.1, 0.15) is 5.56 Å². The summed E-state index contributed by atoms with van der Waals surface area (Å²) in [6, 6.07) is 0. The van der Waals surface area contributed by atoms with Crippen molar-refractivity contribution in [1.82, 2.24) is 14.9 Å². The van der Waals surface area contributed by atoms with Crippen LogP contribution in [0.4, 0.5) is 0 Å². The highest BCUT2D eigenvalue weighted by molar-refractivity contribution is 7.99. The number of carboxylic acids is 1. The number of nitrogens with zero attached hydrogens (tertiary/aromatic N) is 2. The molecule has 1 amide bonds. The van der Waals surface area contributed by atoms with Gasteiger partial charge in [-0.1, -0.05) is 11.8 Å². The minimum atomic E-state index is -1.09. The van der Waals surface area contributed by atoms with Gasteiger partial charge in [0.15, 0.2) is 5.16 Å². The zero-order valence-corrected chi connectivity index (χ0v) is 12.0. The van der Waals surface area contributed by atoms with E-state index < -0.39 is 17.3 Å². The SMILES string of the molecule is CC(C)(CNC(=O)c1cnc2n(c1=O)CCS2)C(=O)O. The van der Waals surface area contributed by atoms with Crippen LogP contribution in [0.25, 0.3) is 0 Å². The van der Waals surface area contributed by atoms with Crippen molar-refractivity contribution < 1.29 is 14.7 Å². The number of nitrogens with one attached hydrogen (secondary N) is 1. The standard InChI is InChI=1S/C12H15N3O4S/c1-12(2,10(18)19)6-14-8(16)7-5-13-11-15(9(7)17)3-4-20-11/h5H,3-4,6H2,1-2H3,(H,14,16)(H,18,19). The predicted octanol–water partition coefficient (Wildman–Crippen LogP) is 0.190. The lowest BCUT2D eigenvalue weighted by Crippen LogP contribution is -2.41. The maximum Gasteiger partial charge on any atom is 0.310 e. The van der Waals surface area contributed by atoms with E-state index in [2.05, 4.69) is 10.3 Å². The molecule has 108 valence electrons. The fourth-order valence-corrected chi connectivity index (χ4v) is 2.56. The second-order valence-corrected chi connectivity index (χ2v) is 6.19. The van der Waals surface area contributed by atoms with Gasteiger partial charge in [0, 0.05) is 25.0 Å². The van der Waals surface area contributed by atoms with Crippen LogP contribution < -0.4 is 10.9 Å². The van der Waals surface area contributed by atoms with Crippen molar-refractivity contribution in [2.45, 2.75) is 25.5 Å². The number of fused-ring (bicyclic) bond motifs is 1. The first-order valence-electron chi connectivity index (χ1n) is 6.07. The Morgan fingerprint density at radius 1 is 1.55 bits per heavy atom. The van der Waals surface area contributed by atoms with Gasteiger partial charge in [-0.05, 0) is 13.8 Å². The molecule has 2 rings (SSSR count). The summed E-state index contributed by atoms with van der Waals surface area (Å²) in [7, 11) is 0. The molecule has 1 aromatic heterocycles. The van der Waals surface area contributed by atoms with E-state index in [9.17, 15) is 14.4 Å². The fourth-order valence-electron chi connectivity index (χ4n) is 1.65. The number of carbonyl (C=O) groups excluding carboxylic acids is 1. The van der Waals surface area contributed by atoms with Crippen LogP contribution in [0.2, 0.25) is 0 Å². The molecule has 8 heteroatoms. The Kier molecular flexibility index (Phi) is 3.85. The molecular weight excluding hydrogens is 282 g/mol. The zero-order chi connectivity index (χ0) is 14.9. The smallest absolute Gasteiger partial charge is 0.310 e. The van der Waals surface area contributed by atoms with Gasteiger partial charge in [0.25, 0.3) is 11.5 Å². The minimum absolute atomic E-state index is 0.0579. The molecule has 2 N–H and O–H groups in total. The van der Waals surface area contributed by atoms with Crippen LogP contribution in [-0.4, -0.2) is 38.8 Å². The third-order valence-electron chi connectivity index (χ3n) is 3.07. The van der Waals surface area contributed by atoms with E-state index in [1.54, 1.807) is 0 Å². The lowest BCUT2D eigenvalue weighted by molar-refractivity contribution is -0.146. The third-order valence-corrected chi connectivity index (χ3v) is 4.04. The first-order chi connectivity index (χ1) is 9.33. The molecule has 0 radical (unpaired) electrons. The van der Waals surface area contributed by atoms with Crippen molar-refractivity contribution in [2.75, 3.05) is 12.3 Å². The maximum absolute atomic E-state index is 12.1. The molecule has 0 unspecified atom stereocenters. The van der Waals surface area contributed by atoms with Crippen LogP contribution in [0.15, 0.2) is 16.1 Å². The second kappa shape index (κ2) is 5.28. The molecule has 0 spiro atoms. The summed E-state index contributed by atoms with van der Waals surface area (Å²) in [6.45, 7) is 3.48. The lowest BCUT2D eigenvalue weighted by Gasteiger charge is -2.19. The average Bonchev–Trinajstić information content (AvgIpc) is 2.85. The number of aromatic nitrogens is 2. The highest BCUT2D eigenvalue weighted by Crippen LogP contribution is 2.20. The largest absolute Gasteiger partial charge is 0.481 e. The molecule has 20 heavy (non-hydrogen) atoms. The molecule has 0 saturated heterocycles. The van der Waals surface area contributed by atoms with Gasteiger partial charge in [-0.15, -0.1) is 0 Å². The highest BCUT2D eigenvalue weighted by atomic mass is 32.2. The second-order valence-electron chi connectivity index (χ2n) is 5.13. The number of aliphatic carboxylic acids is 1. The van der Waals surface area contributed by atoms with Crippen LogP contribution in [0.1, 0.15) is 24.2 Å². The Bertz CT molecular complexity index is 624. The third kappa shape index (κ3) is 2.69. The summed E-state index contributed by atoms with van der Waals surface area (Å²) in [5.74, 6) is -0.846. The van der Waals surface area contributed by atoms with Crippen molar-refractivity contribution in [3.05, 3.63) is 22.1 Å². The van der Waals surface area contributed by atoms with E-state index in [1.807, 2.05) is 0 Å². The minimum Gasteiger partial charge on any atom is -0.481 e. The van der Waals surface area contributed by atoms with Gasteiger partial charge >= 0.3 is 5.97 Å². The average molecular weight is 297 g/mol. The van der Waals surface area contributed by atoms with Crippen molar-refractivity contribution >= 4 is 23.6 Å². The molecule has 0 aliphatic carbocycles. The summed E-state index contributed by atoms with van der Waals surface area (Å²) in [4.78, 5) is 39.1. The maximum atomic E-state index is 12.1. The van der Waals surface area contributed by atoms with Crippen molar-refractivity contribution in [1.29, 1.82) is 0 Å². The van der Waals surface area contributed by atoms with E-state index in [0.29, 0.717) is 11.7 Å². The van der Waals surface area contributed by atoms with Crippen LogP contribution >= 0.6 is 11.8 Å². The van der Waals surface area contributed by atoms with Crippen LogP contribution in [0.3, 0.4) is 0 Å². The summed E-state index contributed by atoms with van der Waals surface area (Å²) < 4.78 is 1.46. The summed E-state index contributed by atoms with van der Waals surface area (Å²) in [5, 5.41) is 12.1. The molecule has 1 aliphatic rings. The molecule has 0 atom stereocenters. The number of thioether (sulfide) groups is 1. The van der Waals surface area contributed by atoms with E-state index >= 15 is 0 Å². The van der Waals surface area contributed by atoms with Crippen molar-refractivity contribution in [2.24, 2.45) is 5.41 Å². The predicted molar refractivity (Wildman–Crippen MR) is 73.0 cm³/mol. The van der Waals surface area contributed by atoms with Gasteiger partial charge < -0.3 is 10.4 Å². The Hall–Kier alpha value is -1.83. The van der Waals surface area contributed by atoms with Gasteiger partial charge in [0.05, 0.1) is 5.41 Å². The summed E-state index contributed by atoms with van der Waals surface area (Å²) >= 11 is 1.47. The van der Waals surface area contributed by atoms with Gasteiger partial charge in [-0.3, -0.25) is 19.0 Å². The molecule has 7 nitrogen and oxygen atoms in total. The van der Waals surface area contributed by atoms with Crippen LogP contribution in [-0.2, 0) is 11.3 Å². The molecule has 0 fully saturated rings. The topological polar surface area (TPSA) is 101 Å². The Morgan fingerprint density at radius 3 is 2.90 bits per heavy atom. The number of rotatable bonds is 4. The number of carboxylic acid groups (broad SMARTS) is 1.